The Hall–Kier alpha value is -3.16. The van der Waals surface area contributed by atoms with Gasteiger partial charge in [-0.15, -0.1) is 11.3 Å². The van der Waals surface area contributed by atoms with Gasteiger partial charge in [-0.05, 0) is 60.4 Å². The number of H-pyrrole nitrogens is 1. The molecule has 164 valence electrons. The third-order valence-corrected chi connectivity index (χ3v) is 6.58. The van der Waals surface area contributed by atoms with Crippen LogP contribution in [0.25, 0.3) is 10.9 Å². The van der Waals surface area contributed by atoms with E-state index >= 15 is 0 Å². The maximum absolute atomic E-state index is 12.8. The summed E-state index contributed by atoms with van der Waals surface area (Å²) in [6, 6.07) is 21.9. The monoisotopic (exact) mass is 463 g/mol. The van der Waals surface area contributed by atoms with Crippen LogP contribution in [0.5, 0.6) is 5.75 Å². The number of benzene rings is 2. The average molecular weight is 464 g/mol. The van der Waals surface area contributed by atoms with E-state index in [0.29, 0.717) is 23.8 Å². The van der Waals surface area contributed by atoms with Crippen LogP contribution >= 0.6 is 23.6 Å². The highest BCUT2D eigenvalue weighted by atomic mass is 32.1. The van der Waals surface area contributed by atoms with Gasteiger partial charge in [-0.2, -0.15) is 0 Å². The van der Waals surface area contributed by atoms with Gasteiger partial charge in [-0.25, -0.2) is 0 Å². The third-order valence-electron chi connectivity index (χ3n) is 5.34. The molecule has 0 saturated carbocycles. The van der Waals surface area contributed by atoms with Crippen molar-refractivity contribution in [1.82, 2.24) is 15.2 Å². The summed E-state index contributed by atoms with van der Waals surface area (Å²) in [7, 11) is 1.63. The second-order valence-electron chi connectivity index (χ2n) is 7.59. The zero-order valence-electron chi connectivity index (χ0n) is 18.0. The van der Waals surface area contributed by atoms with E-state index in [4.69, 9.17) is 17.0 Å². The molecule has 0 aliphatic heterocycles. The molecule has 4 rings (SSSR count). The van der Waals surface area contributed by atoms with Crippen molar-refractivity contribution in [2.24, 2.45) is 0 Å². The van der Waals surface area contributed by atoms with Crippen LogP contribution in [0.4, 0.5) is 0 Å². The SMILES string of the molecule is COc1ccc2[nH]c(=O)c(CN(Cc3cccs3)C(=S)N[C@@H](C)c3ccccc3)cc2c1. The van der Waals surface area contributed by atoms with Crippen LogP contribution in [0.1, 0.15) is 29.0 Å². The van der Waals surface area contributed by atoms with Crippen molar-refractivity contribution in [1.29, 1.82) is 0 Å². The standard InChI is InChI=1S/C25H25N3O2S2/c1-17(18-7-4-3-5-8-18)26-25(31)28(16-22-9-6-12-32-22)15-20-13-19-14-21(30-2)10-11-23(19)27-24(20)29/h3-14,17H,15-16H2,1-2H3,(H,26,31)(H,27,29)/t17-/m0/s1. The van der Waals surface area contributed by atoms with Gasteiger partial charge in [-0.3, -0.25) is 4.79 Å². The van der Waals surface area contributed by atoms with Crippen LogP contribution in [-0.2, 0) is 13.1 Å². The van der Waals surface area contributed by atoms with Crippen molar-refractivity contribution in [3.63, 3.8) is 0 Å². The predicted molar refractivity (Wildman–Crippen MR) is 135 cm³/mol. The first-order valence-electron chi connectivity index (χ1n) is 10.4. The highest BCUT2D eigenvalue weighted by Crippen LogP contribution is 2.21. The molecule has 7 heteroatoms. The first-order valence-corrected chi connectivity index (χ1v) is 11.6. The topological polar surface area (TPSA) is 57.4 Å². The number of thiocarbonyl (C=S) groups is 1. The molecule has 0 amide bonds. The molecule has 0 saturated heterocycles. The number of rotatable bonds is 7. The summed E-state index contributed by atoms with van der Waals surface area (Å²) in [4.78, 5) is 19.0. The van der Waals surface area contributed by atoms with Gasteiger partial charge in [0.1, 0.15) is 5.75 Å². The largest absolute Gasteiger partial charge is 0.497 e. The van der Waals surface area contributed by atoms with E-state index in [1.54, 1.807) is 18.4 Å². The average Bonchev–Trinajstić information content (AvgIpc) is 3.32. The lowest BCUT2D eigenvalue weighted by atomic mass is 10.1. The van der Waals surface area contributed by atoms with Crippen LogP contribution in [0.2, 0.25) is 0 Å². The van der Waals surface area contributed by atoms with Crippen LogP contribution in [0.15, 0.2) is 76.9 Å². The molecule has 0 radical (unpaired) electrons. The highest BCUT2D eigenvalue weighted by Gasteiger charge is 2.17. The Labute approximate surface area is 196 Å². The number of aromatic nitrogens is 1. The van der Waals surface area contributed by atoms with Crippen molar-refractivity contribution < 1.29 is 4.74 Å². The molecule has 0 aliphatic rings. The Morgan fingerprint density at radius 1 is 1.12 bits per heavy atom. The summed E-state index contributed by atoms with van der Waals surface area (Å²) in [5, 5.41) is 7.01. The van der Waals surface area contributed by atoms with Gasteiger partial charge in [0, 0.05) is 21.3 Å². The fourth-order valence-electron chi connectivity index (χ4n) is 3.57. The number of methoxy groups -OCH3 is 1. The van der Waals surface area contributed by atoms with Gasteiger partial charge in [0.15, 0.2) is 5.11 Å². The van der Waals surface area contributed by atoms with Crippen LogP contribution in [0.3, 0.4) is 0 Å². The van der Waals surface area contributed by atoms with E-state index < -0.39 is 0 Å². The number of hydrogen-bond acceptors (Lipinski definition) is 4. The van der Waals surface area contributed by atoms with Crippen molar-refractivity contribution in [3.05, 3.63) is 98.5 Å². The lowest BCUT2D eigenvalue weighted by Gasteiger charge is -2.28. The van der Waals surface area contributed by atoms with E-state index in [9.17, 15) is 4.79 Å². The molecule has 2 aromatic heterocycles. The molecule has 0 bridgehead atoms. The summed E-state index contributed by atoms with van der Waals surface area (Å²) in [5.41, 5.74) is 2.47. The van der Waals surface area contributed by atoms with E-state index in [2.05, 4.69) is 35.4 Å². The van der Waals surface area contributed by atoms with Crippen LogP contribution in [0, 0.1) is 0 Å². The Balaban J connectivity index is 1.61. The van der Waals surface area contributed by atoms with E-state index in [1.807, 2.05) is 58.8 Å². The molecule has 2 N–H and O–H groups in total. The summed E-state index contributed by atoms with van der Waals surface area (Å²) in [6.45, 7) is 3.11. The second kappa shape index (κ2) is 9.97. The molecular weight excluding hydrogens is 438 g/mol. The van der Waals surface area contributed by atoms with Crippen LogP contribution in [-0.4, -0.2) is 22.1 Å². The molecule has 0 spiro atoms. The summed E-state index contributed by atoms with van der Waals surface area (Å²) in [5.74, 6) is 0.750. The number of fused-ring (bicyclic) bond motifs is 1. The molecule has 2 heterocycles. The zero-order valence-corrected chi connectivity index (χ0v) is 19.6. The number of thiophene rings is 1. The molecule has 5 nitrogen and oxygen atoms in total. The van der Waals surface area contributed by atoms with E-state index in [0.717, 1.165) is 22.2 Å². The van der Waals surface area contributed by atoms with Gasteiger partial charge in [0.05, 0.1) is 26.2 Å². The maximum atomic E-state index is 12.8. The zero-order chi connectivity index (χ0) is 22.5. The van der Waals surface area contributed by atoms with Gasteiger partial charge in [0.25, 0.3) is 5.56 Å². The summed E-state index contributed by atoms with van der Waals surface area (Å²) >= 11 is 7.46. The maximum Gasteiger partial charge on any atom is 0.253 e. The lowest BCUT2D eigenvalue weighted by Crippen LogP contribution is -2.40. The first kappa shape index (κ1) is 22.0. The smallest absolute Gasteiger partial charge is 0.253 e. The minimum atomic E-state index is -0.113. The Morgan fingerprint density at radius 2 is 1.94 bits per heavy atom. The molecule has 0 unspecified atom stereocenters. The predicted octanol–water partition coefficient (Wildman–Crippen LogP) is 5.24. The normalized spacial score (nSPS) is 11.8. The Bertz CT molecular complexity index is 1250. The minimum Gasteiger partial charge on any atom is -0.497 e. The molecule has 32 heavy (non-hydrogen) atoms. The van der Waals surface area contributed by atoms with Crippen molar-refractivity contribution in [2.45, 2.75) is 26.1 Å². The second-order valence-corrected chi connectivity index (χ2v) is 9.01. The van der Waals surface area contributed by atoms with Gasteiger partial charge in [0.2, 0.25) is 0 Å². The van der Waals surface area contributed by atoms with Crippen molar-refractivity contribution >= 4 is 39.6 Å². The fourth-order valence-corrected chi connectivity index (χ4v) is 4.60. The first-order chi connectivity index (χ1) is 15.5. The summed E-state index contributed by atoms with van der Waals surface area (Å²) < 4.78 is 5.34. The number of pyridine rings is 1. The van der Waals surface area contributed by atoms with E-state index in [-0.39, 0.29) is 11.6 Å². The minimum absolute atomic E-state index is 0.0497. The number of ether oxygens (including phenoxy) is 1. The molecule has 1 atom stereocenters. The van der Waals surface area contributed by atoms with Crippen molar-refractivity contribution in [3.8, 4) is 5.75 Å². The number of nitrogens with one attached hydrogen (secondary N) is 2. The van der Waals surface area contributed by atoms with Gasteiger partial charge in [-0.1, -0.05) is 36.4 Å². The van der Waals surface area contributed by atoms with E-state index in [1.165, 1.54) is 4.88 Å². The Kier molecular flexibility index (Phi) is 6.87. The lowest BCUT2D eigenvalue weighted by molar-refractivity contribution is 0.395. The van der Waals surface area contributed by atoms with Crippen molar-refractivity contribution in [2.75, 3.05) is 7.11 Å². The number of nitrogens with zero attached hydrogens (tertiary/aromatic N) is 1. The highest BCUT2D eigenvalue weighted by molar-refractivity contribution is 7.80. The molecular formula is C25H25N3O2S2. The summed E-state index contributed by atoms with van der Waals surface area (Å²) in [6.07, 6.45) is 0. The molecule has 0 fully saturated rings. The van der Waals surface area contributed by atoms with Gasteiger partial charge >= 0.3 is 0 Å². The van der Waals surface area contributed by atoms with Gasteiger partial charge < -0.3 is 19.9 Å². The fraction of sp³-hybridized carbons (Fsp3) is 0.200. The number of aromatic amines is 1. The molecule has 0 aliphatic carbocycles. The van der Waals surface area contributed by atoms with Crippen LogP contribution < -0.4 is 15.6 Å². The Morgan fingerprint density at radius 3 is 2.66 bits per heavy atom. The molecule has 4 aromatic rings. The molecule has 2 aromatic carbocycles. The number of hydrogen-bond donors (Lipinski definition) is 2. The third kappa shape index (κ3) is 5.18. The quantitative estimate of drug-likeness (QED) is 0.367.